The predicted molar refractivity (Wildman–Crippen MR) is 152 cm³/mol. The van der Waals surface area contributed by atoms with Crippen LogP contribution in [0.4, 0.5) is 22.7 Å². The summed E-state index contributed by atoms with van der Waals surface area (Å²) in [6, 6.07) is 38.7. The third kappa shape index (κ3) is 3.64. The van der Waals surface area contributed by atoms with Gasteiger partial charge in [-0.15, -0.1) is 0 Å². The van der Waals surface area contributed by atoms with Gasteiger partial charge >= 0.3 is 0 Å². The summed E-state index contributed by atoms with van der Waals surface area (Å²) in [6.07, 6.45) is 3.71. The normalized spacial score (nSPS) is 13.7. The molecule has 37 heavy (non-hydrogen) atoms. The van der Waals surface area contributed by atoms with Gasteiger partial charge in [0, 0.05) is 35.6 Å². The molecule has 1 aromatic heterocycles. The molecule has 0 N–H and O–H groups in total. The maximum atomic E-state index is 4.61. The molecule has 2 aliphatic heterocycles. The Balaban J connectivity index is 1.49. The zero-order chi connectivity index (χ0) is 24.8. The SMILES string of the molecule is CN1C=NN(c2ccc3c(c2)N(c2cccc(-c4ccccn4)c2)c2ccccc2-c2ccccc2-3)C1. The van der Waals surface area contributed by atoms with Crippen molar-refractivity contribution < 1.29 is 0 Å². The van der Waals surface area contributed by atoms with Gasteiger partial charge in [-0.05, 0) is 53.6 Å². The van der Waals surface area contributed by atoms with E-state index in [0.29, 0.717) is 0 Å². The van der Waals surface area contributed by atoms with Crippen LogP contribution in [0.1, 0.15) is 0 Å². The fourth-order valence-electron chi connectivity index (χ4n) is 5.27. The molecule has 0 unspecified atom stereocenters. The lowest BCUT2D eigenvalue weighted by molar-refractivity contribution is 0.549. The van der Waals surface area contributed by atoms with E-state index in [1.165, 1.54) is 22.3 Å². The lowest BCUT2D eigenvalue weighted by Crippen LogP contribution is -2.23. The van der Waals surface area contributed by atoms with E-state index in [1.807, 2.05) is 36.7 Å². The van der Waals surface area contributed by atoms with Crippen molar-refractivity contribution in [2.75, 3.05) is 23.6 Å². The third-order valence-electron chi connectivity index (χ3n) is 6.98. The van der Waals surface area contributed by atoms with Crippen LogP contribution in [0.3, 0.4) is 0 Å². The molecule has 0 saturated heterocycles. The number of para-hydroxylation sites is 1. The first-order chi connectivity index (χ1) is 18.3. The topological polar surface area (TPSA) is 35.0 Å². The van der Waals surface area contributed by atoms with Crippen LogP contribution < -0.4 is 9.91 Å². The lowest BCUT2D eigenvalue weighted by atomic mass is 9.94. The van der Waals surface area contributed by atoms with Crippen molar-refractivity contribution in [3.8, 4) is 33.5 Å². The first-order valence-electron chi connectivity index (χ1n) is 12.4. The van der Waals surface area contributed by atoms with Crippen molar-refractivity contribution in [3.05, 3.63) is 115 Å². The van der Waals surface area contributed by atoms with Gasteiger partial charge in [-0.1, -0.05) is 66.7 Å². The van der Waals surface area contributed by atoms with Gasteiger partial charge in [0.15, 0.2) is 0 Å². The van der Waals surface area contributed by atoms with E-state index in [0.717, 1.165) is 40.7 Å². The number of fused-ring (bicyclic) bond motifs is 5. The van der Waals surface area contributed by atoms with Gasteiger partial charge in [0.25, 0.3) is 0 Å². The first-order valence-corrected chi connectivity index (χ1v) is 12.4. The van der Waals surface area contributed by atoms with E-state index >= 15 is 0 Å². The van der Waals surface area contributed by atoms with E-state index in [2.05, 4.69) is 117 Å². The summed E-state index contributed by atoms with van der Waals surface area (Å²) in [7, 11) is 2.04. The molecule has 0 saturated carbocycles. The number of pyridine rings is 1. The van der Waals surface area contributed by atoms with Crippen LogP contribution in [-0.2, 0) is 0 Å². The number of nitrogens with zero attached hydrogens (tertiary/aromatic N) is 5. The molecule has 4 aromatic carbocycles. The fraction of sp³-hybridized carbons (Fsp3) is 0.0625. The maximum absolute atomic E-state index is 4.61. The molecular weight excluding hydrogens is 454 g/mol. The van der Waals surface area contributed by atoms with Crippen molar-refractivity contribution in [1.82, 2.24) is 9.88 Å². The minimum absolute atomic E-state index is 0.723. The summed E-state index contributed by atoms with van der Waals surface area (Å²) in [5.41, 5.74) is 11.3. The second-order valence-electron chi connectivity index (χ2n) is 9.39. The highest BCUT2D eigenvalue weighted by atomic mass is 15.6. The van der Waals surface area contributed by atoms with Crippen molar-refractivity contribution in [1.29, 1.82) is 0 Å². The summed E-state index contributed by atoms with van der Waals surface area (Å²) in [5.74, 6) is 0. The predicted octanol–water partition coefficient (Wildman–Crippen LogP) is 7.52. The van der Waals surface area contributed by atoms with E-state index in [9.17, 15) is 0 Å². The minimum Gasteiger partial charge on any atom is -0.345 e. The molecule has 7 rings (SSSR count). The quantitative estimate of drug-likeness (QED) is 0.263. The average Bonchev–Trinajstić information content (AvgIpc) is 3.35. The number of aromatic nitrogens is 1. The van der Waals surface area contributed by atoms with Crippen LogP contribution in [0.2, 0.25) is 0 Å². The largest absolute Gasteiger partial charge is 0.345 e. The fourth-order valence-corrected chi connectivity index (χ4v) is 5.27. The monoisotopic (exact) mass is 479 g/mol. The lowest BCUT2D eigenvalue weighted by Gasteiger charge is -2.29. The molecule has 178 valence electrons. The zero-order valence-electron chi connectivity index (χ0n) is 20.5. The molecule has 5 nitrogen and oxygen atoms in total. The van der Waals surface area contributed by atoms with Gasteiger partial charge in [0.2, 0.25) is 0 Å². The van der Waals surface area contributed by atoms with Crippen molar-refractivity contribution >= 4 is 29.1 Å². The number of hydrogen-bond acceptors (Lipinski definition) is 5. The molecular formula is C32H25N5. The number of anilines is 4. The summed E-state index contributed by atoms with van der Waals surface area (Å²) in [6.45, 7) is 0.723. The molecule has 0 radical (unpaired) electrons. The van der Waals surface area contributed by atoms with E-state index < -0.39 is 0 Å². The van der Waals surface area contributed by atoms with Crippen LogP contribution in [0.5, 0.6) is 0 Å². The van der Waals surface area contributed by atoms with Gasteiger partial charge in [-0.2, -0.15) is 5.10 Å². The highest BCUT2D eigenvalue weighted by Gasteiger charge is 2.27. The summed E-state index contributed by atoms with van der Waals surface area (Å²) in [4.78, 5) is 9.06. The standard InChI is InChI=1S/C32H25N5/c1-35-21-34-36(22-35)24-16-17-29-27-12-3-2-11-26(27)28-13-4-5-15-31(28)37(32(29)20-24)25-10-8-9-23(19-25)30-14-6-7-18-33-30/h2-21H,22H2,1H3. The molecule has 5 heteroatoms. The molecule has 0 aliphatic carbocycles. The highest BCUT2D eigenvalue weighted by Crippen LogP contribution is 2.51. The highest BCUT2D eigenvalue weighted by molar-refractivity contribution is 6.03. The number of rotatable bonds is 3. The zero-order valence-corrected chi connectivity index (χ0v) is 20.5. The van der Waals surface area contributed by atoms with Gasteiger partial charge in [0.05, 0.1) is 22.8 Å². The maximum Gasteiger partial charge on any atom is 0.113 e. The van der Waals surface area contributed by atoms with Gasteiger partial charge < -0.3 is 9.80 Å². The van der Waals surface area contributed by atoms with Gasteiger partial charge in [-0.3, -0.25) is 4.98 Å². The molecule has 0 spiro atoms. The van der Waals surface area contributed by atoms with Crippen LogP contribution in [0.25, 0.3) is 33.5 Å². The van der Waals surface area contributed by atoms with Crippen molar-refractivity contribution in [2.24, 2.45) is 5.10 Å². The van der Waals surface area contributed by atoms with E-state index in [1.54, 1.807) is 0 Å². The van der Waals surface area contributed by atoms with E-state index in [-0.39, 0.29) is 0 Å². The second kappa shape index (κ2) is 8.64. The Morgan fingerprint density at radius 2 is 1.38 bits per heavy atom. The average molecular weight is 480 g/mol. The Bertz CT molecular complexity index is 1640. The van der Waals surface area contributed by atoms with Crippen LogP contribution in [0.15, 0.2) is 120 Å². The Labute approximate surface area is 216 Å². The third-order valence-corrected chi connectivity index (χ3v) is 6.98. The molecule has 3 heterocycles. The smallest absolute Gasteiger partial charge is 0.113 e. The Morgan fingerprint density at radius 1 is 0.622 bits per heavy atom. The summed E-state index contributed by atoms with van der Waals surface area (Å²) >= 11 is 0. The number of hydrazone groups is 1. The van der Waals surface area contributed by atoms with Crippen LogP contribution in [0, 0.1) is 0 Å². The summed E-state index contributed by atoms with van der Waals surface area (Å²) < 4.78 is 0. The van der Waals surface area contributed by atoms with E-state index in [4.69, 9.17) is 0 Å². The number of hydrogen-bond donors (Lipinski definition) is 0. The van der Waals surface area contributed by atoms with Crippen molar-refractivity contribution in [3.63, 3.8) is 0 Å². The Morgan fingerprint density at radius 3 is 2.14 bits per heavy atom. The summed E-state index contributed by atoms with van der Waals surface area (Å²) in [5, 5.41) is 6.64. The molecule has 0 atom stereocenters. The molecule has 0 bridgehead atoms. The van der Waals surface area contributed by atoms with Crippen molar-refractivity contribution in [2.45, 2.75) is 0 Å². The molecule has 0 fully saturated rings. The van der Waals surface area contributed by atoms with Gasteiger partial charge in [-0.25, -0.2) is 5.01 Å². The Kier molecular flexibility index (Phi) is 5.00. The molecule has 5 aromatic rings. The minimum atomic E-state index is 0.723. The van der Waals surface area contributed by atoms with Crippen LogP contribution in [-0.4, -0.2) is 29.9 Å². The molecule has 0 amide bonds. The van der Waals surface area contributed by atoms with Crippen LogP contribution >= 0.6 is 0 Å². The number of benzene rings is 4. The van der Waals surface area contributed by atoms with Gasteiger partial charge in [0.1, 0.15) is 13.0 Å². The Hall–Kier alpha value is -4.90. The second-order valence-corrected chi connectivity index (χ2v) is 9.39. The first kappa shape index (κ1) is 21.4. The molecule has 2 aliphatic rings.